The Hall–Kier alpha value is -7.17. The van der Waals surface area contributed by atoms with E-state index in [1.807, 2.05) is 32.3 Å². The Kier molecular flexibility index (Phi) is 13.2. The van der Waals surface area contributed by atoms with Crippen LogP contribution in [-0.4, -0.2) is 20.9 Å². The summed E-state index contributed by atoms with van der Waals surface area (Å²) in [4.78, 5) is 22.5. The molecule has 4 nitrogen and oxygen atoms in total. The number of carbonyl (C=O) groups excluding carboxylic acids is 1. The minimum Gasteiger partial charge on any atom is -0.512 e. The van der Waals surface area contributed by atoms with Gasteiger partial charge in [0.15, 0.2) is 5.78 Å². The zero-order valence-corrected chi connectivity index (χ0v) is 39.6. The number of pyridine rings is 2. The molecular formula is C62H60N2O2. The molecule has 66 heavy (non-hydrogen) atoms. The standard InChI is InChI=1S/C62H60N2O2/c1-41(2)60(66)40-52(65)30-29-42-15-9-10-16-53(42)47-35-48(56-19-13-11-17-54(56)43-21-25-45(26-22-43)58-38-50(31-33-63-58)61(3,4)5)37-49(36-47)57-20-14-12-18-55(57)44-23-27-46(28-24-44)59-39-51(32-34-64-59)62(6,7)8/h9-28,31-41,66H,29-30H2,1-8H3/b60-40-. The minimum atomic E-state index is -0.103. The first-order valence-electron chi connectivity index (χ1n) is 23.1. The molecular weight excluding hydrogens is 805 g/mol. The van der Waals surface area contributed by atoms with Gasteiger partial charge in [0, 0.05) is 41.9 Å². The number of allylic oxidation sites excluding steroid dienone is 2. The Labute approximate surface area is 391 Å². The number of hydrogen-bond acceptors (Lipinski definition) is 4. The van der Waals surface area contributed by atoms with Crippen LogP contribution in [0.4, 0.5) is 0 Å². The van der Waals surface area contributed by atoms with Gasteiger partial charge in [-0.05, 0) is 132 Å². The van der Waals surface area contributed by atoms with Crippen LogP contribution in [0, 0.1) is 5.92 Å². The van der Waals surface area contributed by atoms with Gasteiger partial charge in [-0.2, -0.15) is 0 Å². The van der Waals surface area contributed by atoms with Crippen LogP contribution in [0.5, 0.6) is 0 Å². The molecule has 0 spiro atoms. The second kappa shape index (κ2) is 19.1. The Bertz CT molecular complexity index is 2870. The molecule has 2 aromatic heterocycles. The van der Waals surface area contributed by atoms with Gasteiger partial charge in [0.1, 0.15) is 0 Å². The molecule has 0 unspecified atom stereocenters. The molecule has 0 aliphatic heterocycles. The largest absolute Gasteiger partial charge is 0.512 e. The maximum absolute atomic E-state index is 13.1. The lowest BCUT2D eigenvalue weighted by Gasteiger charge is -2.19. The number of aryl methyl sites for hydroxylation is 1. The van der Waals surface area contributed by atoms with Crippen molar-refractivity contribution >= 4 is 5.78 Å². The molecule has 2 heterocycles. The summed E-state index contributed by atoms with van der Waals surface area (Å²) < 4.78 is 0. The number of aliphatic hydroxyl groups is 1. The molecule has 0 radical (unpaired) electrons. The van der Waals surface area contributed by atoms with Crippen molar-refractivity contribution in [3.8, 4) is 78.1 Å². The molecule has 0 bridgehead atoms. The summed E-state index contributed by atoms with van der Waals surface area (Å²) >= 11 is 0. The minimum absolute atomic E-state index is 0.0264. The SMILES string of the molecule is CC(C)/C(O)=C/C(=O)CCc1ccccc1-c1cc(-c2ccccc2-c2ccc(-c3cc(C(C)(C)C)ccn3)cc2)cc(-c2ccccc2-c2ccc(-c3cc(C(C)(C)C)ccn3)cc2)c1. The van der Waals surface area contributed by atoms with Gasteiger partial charge in [-0.3, -0.25) is 14.8 Å². The highest BCUT2D eigenvalue weighted by Gasteiger charge is 2.19. The summed E-state index contributed by atoms with van der Waals surface area (Å²) in [7, 11) is 0. The van der Waals surface area contributed by atoms with E-state index in [-0.39, 0.29) is 28.3 Å². The molecule has 4 heteroatoms. The first-order valence-corrected chi connectivity index (χ1v) is 23.1. The summed E-state index contributed by atoms with van der Waals surface area (Å²) in [5.41, 5.74) is 18.8. The van der Waals surface area contributed by atoms with E-state index >= 15 is 0 Å². The van der Waals surface area contributed by atoms with E-state index in [1.54, 1.807) is 0 Å². The number of ketones is 1. The van der Waals surface area contributed by atoms with Crippen molar-refractivity contribution < 1.29 is 9.90 Å². The number of rotatable bonds is 12. The maximum atomic E-state index is 13.1. The molecule has 8 rings (SSSR count). The number of aromatic nitrogens is 2. The Morgan fingerprint density at radius 2 is 0.848 bits per heavy atom. The summed E-state index contributed by atoms with van der Waals surface area (Å²) in [5, 5.41) is 10.4. The van der Waals surface area contributed by atoms with E-state index < -0.39 is 0 Å². The smallest absolute Gasteiger partial charge is 0.159 e. The van der Waals surface area contributed by atoms with E-state index in [2.05, 4.69) is 199 Å². The first kappa shape index (κ1) is 45.4. The van der Waals surface area contributed by atoms with Crippen molar-refractivity contribution in [3.05, 3.63) is 205 Å². The van der Waals surface area contributed by atoms with Crippen LogP contribution in [0.3, 0.4) is 0 Å². The molecule has 0 amide bonds. The lowest BCUT2D eigenvalue weighted by Crippen LogP contribution is -2.11. The normalized spacial score (nSPS) is 12.1. The summed E-state index contributed by atoms with van der Waals surface area (Å²) in [6.45, 7) is 17.1. The maximum Gasteiger partial charge on any atom is 0.159 e. The summed E-state index contributed by atoms with van der Waals surface area (Å²) in [6, 6.07) is 58.7. The second-order valence-electron chi connectivity index (χ2n) is 19.8. The predicted octanol–water partition coefficient (Wildman–Crippen LogP) is 16.3. The number of benzene rings is 6. The third-order valence-corrected chi connectivity index (χ3v) is 12.5. The van der Waals surface area contributed by atoms with Gasteiger partial charge in [0.25, 0.3) is 0 Å². The zero-order valence-electron chi connectivity index (χ0n) is 39.6. The van der Waals surface area contributed by atoms with Gasteiger partial charge in [0.05, 0.1) is 17.1 Å². The highest BCUT2D eigenvalue weighted by atomic mass is 16.3. The quantitative estimate of drug-likeness (QED) is 0.0982. The molecule has 8 aromatic rings. The average molecular weight is 865 g/mol. The topological polar surface area (TPSA) is 63.1 Å². The van der Waals surface area contributed by atoms with Crippen molar-refractivity contribution in [2.45, 2.75) is 79.1 Å². The molecule has 0 saturated heterocycles. The number of nitrogens with zero attached hydrogens (tertiary/aromatic N) is 2. The van der Waals surface area contributed by atoms with E-state index in [0.29, 0.717) is 12.8 Å². The molecule has 330 valence electrons. The second-order valence-corrected chi connectivity index (χ2v) is 19.8. The third-order valence-electron chi connectivity index (χ3n) is 12.5. The van der Waals surface area contributed by atoms with Crippen LogP contribution < -0.4 is 0 Å². The van der Waals surface area contributed by atoms with Gasteiger partial charge in [-0.25, -0.2) is 0 Å². The monoisotopic (exact) mass is 864 g/mol. The van der Waals surface area contributed by atoms with Gasteiger partial charge in [-0.1, -0.05) is 177 Å². The van der Waals surface area contributed by atoms with Gasteiger partial charge in [-0.15, -0.1) is 0 Å². The predicted molar refractivity (Wildman–Crippen MR) is 276 cm³/mol. The number of carbonyl (C=O) groups is 1. The number of aliphatic hydroxyl groups excluding tert-OH is 1. The molecule has 0 atom stereocenters. The van der Waals surface area contributed by atoms with Crippen molar-refractivity contribution in [2.75, 3.05) is 0 Å². The molecule has 0 saturated carbocycles. The van der Waals surface area contributed by atoms with Crippen molar-refractivity contribution in [1.29, 1.82) is 0 Å². The Morgan fingerprint density at radius 3 is 1.26 bits per heavy atom. The molecule has 0 aliphatic carbocycles. The molecule has 1 N–H and O–H groups in total. The fraction of sp³-hybridized carbons (Fsp3) is 0.210. The first-order chi connectivity index (χ1) is 31.6. The van der Waals surface area contributed by atoms with Crippen LogP contribution in [0.2, 0.25) is 0 Å². The lowest BCUT2D eigenvalue weighted by molar-refractivity contribution is -0.114. The summed E-state index contributed by atoms with van der Waals surface area (Å²) in [6.07, 6.45) is 6.05. The molecule has 0 fully saturated rings. The zero-order chi connectivity index (χ0) is 46.6. The average Bonchev–Trinajstić information content (AvgIpc) is 3.33. The molecule has 0 aliphatic rings. The van der Waals surface area contributed by atoms with Crippen LogP contribution in [0.25, 0.3) is 78.1 Å². The Balaban J connectivity index is 1.23. The van der Waals surface area contributed by atoms with Crippen molar-refractivity contribution in [1.82, 2.24) is 9.97 Å². The van der Waals surface area contributed by atoms with Crippen LogP contribution in [-0.2, 0) is 22.0 Å². The van der Waals surface area contributed by atoms with Crippen LogP contribution in [0.1, 0.15) is 78.5 Å². The Morgan fingerprint density at radius 1 is 0.485 bits per heavy atom. The van der Waals surface area contributed by atoms with E-state index in [1.165, 1.54) is 17.2 Å². The van der Waals surface area contributed by atoms with Gasteiger partial charge >= 0.3 is 0 Å². The molecule has 6 aromatic carbocycles. The van der Waals surface area contributed by atoms with Gasteiger partial charge < -0.3 is 5.11 Å². The fourth-order valence-electron chi connectivity index (χ4n) is 8.50. The fourth-order valence-corrected chi connectivity index (χ4v) is 8.50. The third kappa shape index (κ3) is 10.3. The van der Waals surface area contributed by atoms with Crippen LogP contribution in [0.15, 0.2) is 188 Å². The highest BCUT2D eigenvalue weighted by Crippen LogP contribution is 2.42. The van der Waals surface area contributed by atoms with E-state index in [9.17, 15) is 9.90 Å². The number of hydrogen-bond donors (Lipinski definition) is 1. The van der Waals surface area contributed by atoms with E-state index in [4.69, 9.17) is 9.97 Å². The summed E-state index contributed by atoms with van der Waals surface area (Å²) in [5.74, 6) is -0.0696. The van der Waals surface area contributed by atoms with Crippen molar-refractivity contribution in [2.24, 2.45) is 5.92 Å². The lowest BCUT2D eigenvalue weighted by atomic mass is 9.86. The van der Waals surface area contributed by atoms with Crippen molar-refractivity contribution in [3.63, 3.8) is 0 Å². The van der Waals surface area contributed by atoms with Gasteiger partial charge in [0.2, 0.25) is 0 Å². The highest BCUT2D eigenvalue weighted by molar-refractivity contribution is 5.93. The van der Waals surface area contributed by atoms with E-state index in [0.717, 1.165) is 83.7 Å². The van der Waals surface area contributed by atoms with Crippen LogP contribution >= 0.6 is 0 Å².